The number of ether oxygens (including phenoxy) is 1. The quantitative estimate of drug-likeness (QED) is 0.830. The molecule has 1 aromatic rings. The Hall–Kier alpha value is -1.63. The maximum absolute atomic E-state index is 12.4. The summed E-state index contributed by atoms with van der Waals surface area (Å²) in [7, 11) is 0. The Labute approximate surface area is 151 Å². The molecule has 1 aromatic carbocycles. The zero-order valence-corrected chi connectivity index (χ0v) is 14.5. The van der Waals surface area contributed by atoms with Crippen LogP contribution in [0.5, 0.6) is 0 Å². The number of hydrogen-bond donors (Lipinski definition) is 2. The smallest absolute Gasteiger partial charge is 0.317 e. The first-order valence-corrected chi connectivity index (χ1v) is 9.00. The second-order valence-electron chi connectivity index (χ2n) is 7.31. The number of fused-ring (bicyclic) bond motifs is 1. The summed E-state index contributed by atoms with van der Waals surface area (Å²) in [5, 5.41) is 12.6. The number of carbonyl (C=O) groups excluding carboxylic acids is 1. The topological polar surface area (TPSA) is 78.9 Å². The fraction of sp³-hybridized carbons (Fsp3) is 0.556. The maximum Gasteiger partial charge on any atom is 0.317 e. The minimum Gasteiger partial charge on any atom is -0.480 e. The van der Waals surface area contributed by atoms with Gasteiger partial charge in [0.05, 0.1) is 18.2 Å². The summed E-state index contributed by atoms with van der Waals surface area (Å²) in [5.41, 5.74) is 0.330. The fourth-order valence-corrected chi connectivity index (χ4v) is 5.00. The highest BCUT2D eigenvalue weighted by Gasteiger charge is 2.62. The Bertz CT molecular complexity index is 712. The third-order valence-electron chi connectivity index (χ3n) is 5.80. The molecular weight excluding hydrogens is 344 g/mol. The number of hydrogen-bond acceptors (Lipinski definition) is 4. The molecule has 134 valence electrons. The fourth-order valence-electron chi connectivity index (χ4n) is 4.81. The van der Waals surface area contributed by atoms with E-state index in [9.17, 15) is 9.59 Å². The van der Waals surface area contributed by atoms with Gasteiger partial charge in [0.15, 0.2) is 0 Å². The molecule has 4 rings (SSSR count). The van der Waals surface area contributed by atoms with Crippen molar-refractivity contribution in [2.45, 2.75) is 24.5 Å². The van der Waals surface area contributed by atoms with E-state index in [2.05, 4.69) is 5.32 Å². The zero-order chi connectivity index (χ0) is 17.6. The summed E-state index contributed by atoms with van der Waals surface area (Å²) in [5.74, 6) is -0.433. The number of amides is 1. The Morgan fingerprint density at radius 1 is 1.44 bits per heavy atom. The molecule has 2 N–H and O–H groups in total. The lowest BCUT2D eigenvalue weighted by Crippen LogP contribution is -2.41. The van der Waals surface area contributed by atoms with E-state index in [0.717, 1.165) is 19.4 Å². The van der Waals surface area contributed by atoms with E-state index >= 15 is 0 Å². The van der Waals surface area contributed by atoms with Gasteiger partial charge in [-0.1, -0.05) is 17.7 Å². The van der Waals surface area contributed by atoms with E-state index in [4.69, 9.17) is 21.4 Å². The first-order valence-electron chi connectivity index (χ1n) is 8.63. The Morgan fingerprint density at radius 3 is 3.04 bits per heavy atom. The number of rotatable bonds is 5. The first kappa shape index (κ1) is 16.8. The molecule has 3 saturated heterocycles. The van der Waals surface area contributed by atoms with Crippen LogP contribution >= 0.6 is 11.6 Å². The predicted molar refractivity (Wildman–Crippen MR) is 91.7 cm³/mol. The highest BCUT2D eigenvalue weighted by Crippen LogP contribution is 2.54. The van der Waals surface area contributed by atoms with Crippen molar-refractivity contribution in [1.82, 2.24) is 10.2 Å². The van der Waals surface area contributed by atoms with Gasteiger partial charge in [0.2, 0.25) is 0 Å². The minimum atomic E-state index is -0.809. The minimum absolute atomic E-state index is 0.0495. The van der Waals surface area contributed by atoms with Crippen LogP contribution in [0.3, 0.4) is 0 Å². The Kier molecular flexibility index (Phi) is 4.22. The van der Waals surface area contributed by atoms with Crippen LogP contribution in [-0.4, -0.2) is 59.8 Å². The van der Waals surface area contributed by atoms with Crippen LogP contribution in [-0.2, 0) is 9.53 Å². The van der Waals surface area contributed by atoms with Gasteiger partial charge in [-0.3, -0.25) is 14.5 Å². The van der Waals surface area contributed by atoms with Gasteiger partial charge in [0.25, 0.3) is 5.91 Å². The molecule has 25 heavy (non-hydrogen) atoms. The van der Waals surface area contributed by atoms with Crippen molar-refractivity contribution < 1.29 is 19.4 Å². The van der Waals surface area contributed by atoms with Gasteiger partial charge >= 0.3 is 5.97 Å². The number of aliphatic carboxylic acids is 1. The summed E-state index contributed by atoms with van der Waals surface area (Å²) in [6, 6.07) is 6.89. The summed E-state index contributed by atoms with van der Waals surface area (Å²) < 4.78 is 6.26. The lowest BCUT2D eigenvalue weighted by atomic mass is 9.73. The number of carbonyl (C=O) groups is 2. The molecule has 1 amide bonds. The summed E-state index contributed by atoms with van der Waals surface area (Å²) in [4.78, 5) is 25.3. The molecule has 6 nitrogen and oxygen atoms in total. The molecule has 2 bridgehead atoms. The lowest BCUT2D eigenvalue weighted by Gasteiger charge is -2.29. The van der Waals surface area contributed by atoms with E-state index in [1.54, 1.807) is 24.3 Å². The van der Waals surface area contributed by atoms with Crippen LogP contribution in [0.1, 0.15) is 23.2 Å². The molecule has 0 saturated carbocycles. The zero-order valence-electron chi connectivity index (χ0n) is 13.8. The van der Waals surface area contributed by atoms with Gasteiger partial charge in [-0.15, -0.1) is 0 Å². The SMILES string of the molecule is O=C(O)CN1C[C@@H]2[C@H](CNC(=O)c3cccc(Cl)c3)[C@H]3CC[C@]2(C1)O3. The van der Waals surface area contributed by atoms with Crippen molar-refractivity contribution in [3.63, 3.8) is 0 Å². The van der Waals surface area contributed by atoms with Crippen molar-refractivity contribution in [3.05, 3.63) is 34.9 Å². The van der Waals surface area contributed by atoms with Gasteiger partial charge in [-0.2, -0.15) is 0 Å². The van der Waals surface area contributed by atoms with E-state index in [-0.39, 0.29) is 36.0 Å². The highest BCUT2D eigenvalue weighted by molar-refractivity contribution is 6.30. The van der Waals surface area contributed by atoms with Crippen molar-refractivity contribution in [2.75, 3.05) is 26.2 Å². The van der Waals surface area contributed by atoms with Crippen LogP contribution < -0.4 is 5.32 Å². The molecule has 0 aliphatic carbocycles. The average Bonchev–Trinajstić information content (AvgIpc) is 3.19. The molecule has 3 fully saturated rings. The molecule has 3 aliphatic heterocycles. The van der Waals surface area contributed by atoms with Gasteiger partial charge in [-0.05, 0) is 31.0 Å². The van der Waals surface area contributed by atoms with Crippen LogP contribution in [0.15, 0.2) is 24.3 Å². The third kappa shape index (κ3) is 3.03. The van der Waals surface area contributed by atoms with Gasteiger partial charge in [-0.25, -0.2) is 0 Å². The summed E-state index contributed by atoms with van der Waals surface area (Å²) in [6.07, 6.45) is 2.13. The molecule has 0 radical (unpaired) electrons. The maximum atomic E-state index is 12.4. The molecular formula is C18H21ClN2O4. The first-order chi connectivity index (χ1) is 12.0. The molecule has 0 unspecified atom stereocenters. The van der Waals surface area contributed by atoms with Crippen LogP contribution in [0.2, 0.25) is 5.02 Å². The highest BCUT2D eigenvalue weighted by atomic mass is 35.5. The molecule has 1 spiro atoms. The number of nitrogens with one attached hydrogen (secondary N) is 1. The second-order valence-corrected chi connectivity index (χ2v) is 7.75. The third-order valence-corrected chi connectivity index (χ3v) is 6.03. The predicted octanol–water partition coefficient (Wildman–Crippen LogP) is 1.63. The van der Waals surface area contributed by atoms with Crippen molar-refractivity contribution >= 4 is 23.5 Å². The van der Waals surface area contributed by atoms with Crippen LogP contribution in [0.25, 0.3) is 0 Å². The molecule has 3 heterocycles. The summed E-state index contributed by atoms with van der Waals surface area (Å²) in [6.45, 7) is 2.00. The average molecular weight is 365 g/mol. The molecule has 4 atom stereocenters. The van der Waals surface area contributed by atoms with Crippen molar-refractivity contribution in [3.8, 4) is 0 Å². The van der Waals surface area contributed by atoms with Crippen LogP contribution in [0.4, 0.5) is 0 Å². The Morgan fingerprint density at radius 2 is 2.28 bits per heavy atom. The van der Waals surface area contributed by atoms with Crippen LogP contribution in [0, 0.1) is 11.8 Å². The Balaban J connectivity index is 1.41. The molecule has 0 aromatic heterocycles. The number of nitrogens with zero attached hydrogens (tertiary/aromatic N) is 1. The van der Waals surface area contributed by atoms with Crippen molar-refractivity contribution in [2.24, 2.45) is 11.8 Å². The standard InChI is InChI=1S/C18H21ClN2O4/c19-12-3-1-2-11(6-12)17(24)20-7-13-14-8-21(9-16(22)23)10-18(14)5-4-15(13)25-18/h1-3,6,13-15H,4-5,7-10H2,(H,20,24)(H,22,23)/t13-,14+,15+,18+/m0/s1. The lowest BCUT2D eigenvalue weighted by molar-refractivity contribution is -0.138. The van der Waals surface area contributed by atoms with E-state index < -0.39 is 5.97 Å². The largest absolute Gasteiger partial charge is 0.480 e. The number of likely N-dealkylation sites (tertiary alicyclic amines) is 1. The van der Waals surface area contributed by atoms with Gasteiger partial charge in [0.1, 0.15) is 0 Å². The van der Waals surface area contributed by atoms with Gasteiger partial charge < -0.3 is 15.2 Å². The van der Waals surface area contributed by atoms with Gasteiger partial charge in [0, 0.05) is 42.1 Å². The normalized spacial score (nSPS) is 33.4. The van der Waals surface area contributed by atoms with Crippen molar-refractivity contribution in [1.29, 1.82) is 0 Å². The number of carboxylic acid groups (broad SMARTS) is 1. The van der Waals surface area contributed by atoms with E-state index in [1.807, 2.05) is 4.90 Å². The monoisotopic (exact) mass is 364 g/mol. The van der Waals surface area contributed by atoms with E-state index in [1.165, 1.54) is 0 Å². The number of carboxylic acids is 1. The van der Waals surface area contributed by atoms with E-state index in [0.29, 0.717) is 23.7 Å². The molecule has 3 aliphatic rings. The second kappa shape index (κ2) is 6.27. The number of benzene rings is 1. The molecule has 7 heteroatoms. The number of halogens is 1. The summed E-state index contributed by atoms with van der Waals surface area (Å²) >= 11 is 5.94.